The molecule has 2 aliphatic heterocycles. The lowest BCUT2D eigenvalue weighted by atomic mass is 9.84. The smallest absolute Gasteiger partial charge is 0.171 e. The van der Waals surface area contributed by atoms with Crippen LogP contribution in [0.25, 0.3) is 0 Å². The molecule has 5 nitrogen and oxygen atoms in total. The van der Waals surface area contributed by atoms with Gasteiger partial charge in [-0.05, 0) is 24.3 Å². The van der Waals surface area contributed by atoms with Crippen LogP contribution in [-0.2, 0) is 10.3 Å². The second-order valence-electron chi connectivity index (χ2n) is 5.65. The molecule has 0 N–H and O–H groups in total. The molecule has 0 spiro atoms. The molecule has 0 aliphatic carbocycles. The van der Waals surface area contributed by atoms with Crippen molar-refractivity contribution < 1.29 is 23.7 Å². The minimum absolute atomic E-state index is 0.260. The van der Waals surface area contributed by atoms with E-state index in [2.05, 4.69) is 0 Å². The van der Waals surface area contributed by atoms with Crippen LogP contribution in [0.1, 0.15) is 17.2 Å². The SMILES string of the molecule is COc1ccc2c(c1)OCC1(OC)c3ccc(OC)cc3OC21. The largest absolute Gasteiger partial charge is 0.497 e. The van der Waals surface area contributed by atoms with E-state index in [4.69, 9.17) is 23.7 Å². The van der Waals surface area contributed by atoms with Crippen LogP contribution in [-0.4, -0.2) is 27.9 Å². The lowest BCUT2D eigenvalue weighted by Gasteiger charge is -2.37. The Labute approximate surface area is 134 Å². The number of methoxy groups -OCH3 is 3. The fraction of sp³-hybridized carbons (Fsp3) is 0.333. The predicted octanol–water partition coefficient (Wildman–Crippen LogP) is 3.07. The van der Waals surface area contributed by atoms with Crippen LogP contribution >= 0.6 is 0 Å². The number of hydrogen-bond donors (Lipinski definition) is 0. The molecule has 0 fully saturated rings. The average molecular weight is 314 g/mol. The van der Waals surface area contributed by atoms with Crippen LogP contribution in [0.5, 0.6) is 23.0 Å². The maximum atomic E-state index is 6.22. The Bertz CT molecular complexity index is 757. The summed E-state index contributed by atoms with van der Waals surface area (Å²) in [6, 6.07) is 11.5. The molecule has 0 saturated heterocycles. The molecule has 2 aliphatic rings. The molecular weight excluding hydrogens is 296 g/mol. The molecule has 5 heteroatoms. The Hall–Kier alpha value is -2.40. The second-order valence-corrected chi connectivity index (χ2v) is 5.65. The van der Waals surface area contributed by atoms with Gasteiger partial charge in [0, 0.05) is 30.4 Å². The number of benzene rings is 2. The number of hydrogen-bond acceptors (Lipinski definition) is 5. The van der Waals surface area contributed by atoms with Gasteiger partial charge in [-0.15, -0.1) is 0 Å². The van der Waals surface area contributed by atoms with Crippen molar-refractivity contribution in [2.24, 2.45) is 0 Å². The van der Waals surface area contributed by atoms with Gasteiger partial charge in [-0.3, -0.25) is 0 Å². The highest BCUT2D eigenvalue weighted by molar-refractivity contribution is 5.54. The first-order valence-electron chi connectivity index (χ1n) is 7.43. The monoisotopic (exact) mass is 314 g/mol. The molecule has 2 aromatic carbocycles. The van der Waals surface area contributed by atoms with E-state index in [-0.39, 0.29) is 6.10 Å². The zero-order valence-electron chi connectivity index (χ0n) is 13.3. The Morgan fingerprint density at radius 2 is 1.65 bits per heavy atom. The standard InChI is InChI=1S/C18H18O5/c1-19-11-4-6-13-15(8-11)22-10-18(21-3)14-7-5-12(20-2)9-16(14)23-17(13)18/h4-9,17H,10H2,1-3H3. The van der Waals surface area contributed by atoms with Gasteiger partial charge in [0.05, 0.1) is 14.2 Å². The molecule has 0 radical (unpaired) electrons. The molecule has 2 aromatic rings. The average Bonchev–Trinajstić information content (AvgIpc) is 2.95. The Kier molecular flexibility index (Phi) is 3.13. The maximum Gasteiger partial charge on any atom is 0.171 e. The van der Waals surface area contributed by atoms with Gasteiger partial charge in [0.15, 0.2) is 11.7 Å². The Balaban J connectivity index is 1.84. The first-order valence-corrected chi connectivity index (χ1v) is 7.43. The van der Waals surface area contributed by atoms with E-state index in [0.717, 1.165) is 34.1 Å². The fourth-order valence-electron chi connectivity index (χ4n) is 3.35. The van der Waals surface area contributed by atoms with E-state index in [1.54, 1.807) is 21.3 Å². The quantitative estimate of drug-likeness (QED) is 0.871. The highest BCUT2D eigenvalue weighted by Crippen LogP contribution is 2.56. The van der Waals surface area contributed by atoms with Gasteiger partial charge in [-0.25, -0.2) is 0 Å². The third-order valence-electron chi connectivity index (χ3n) is 4.62. The van der Waals surface area contributed by atoms with Crippen molar-refractivity contribution in [2.75, 3.05) is 27.9 Å². The van der Waals surface area contributed by atoms with Gasteiger partial charge in [0.1, 0.15) is 29.6 Å². The molecule has 23 heavy (non-hydrogen) atoms. The fourth-order valence-corrected chi connectivity index (χ4v) is 3.35. The molecule has 2 unspecified atom stereocenters. The topological polar surface area (TPSA) is 46.2 Å². The van der Waals surface area contributed by atoms with Crippen LogP contribution < -0.4 is 18.9 Å². The summed E-state index contributed by atoms with van der Waals surface area (Å²) in [6.07, 6.45) is -0.260. The molecule has 0 amide bonds. The van der Waals surface area contributed by atoms with Crippen molar-refractivity contribution in [3.63, 3.8) is 0 Å². The summed E-state index contributed by atoms with van der Waals surface area (Å²) in [6.45, 7) is 0.383. The van der Waals surface area contributed by atoms with Crippen molar-refractivity contribution in [1.82, 2.24) is 0 Å². The summed E-state index contributed by atoms with van der Waals surface area (Å²) >= 11 is 0. The zero-order chi connectivity index (χ0) is 16.0. The van der Waals surface area contributed by atoms with E-state index in [0.29, 0.717) is 6.61 Å². The van der Waals surface area contributed by atoms with Crippen LogP contribution in [0.2, 0.25) is 0 Å². The van der Waals surface area contributed by atoms with E-state index in [1.165, 1.54) is 0 Å². The minimum atomic E-state index is -0.650. The van der Waals surface area contributed by atoms with Gasteiger partial charge < -0.3 is 23.7 Å². The lowest BCUT2D eigenvalue weighted by molar-refractivity contribution is -0.114. The third kappa shape index (κ3) is 1.90. The summed E-state index contributed by atoms with van der Waals surface area (Å²) in [5.74, 6) is 3.04. The summed E-state index contributed by atoms with van der Waals surface area (Å²) in [5.41, 5.74) is 1.28. The molecular formula is C18H18O5. The highest BCUT2D eigenvalue weighted by atomic mass is 16.6. The Morgan fingerprint density at radius 1 is 0.957 bits per heavy atom. The first-order chi connectivity index (χ1) is 11.2. The maximum absolute atomic E-state index is 6.22. The van der Waals surface area contributed by atoms with Crippen LogP contribution in [0.4, 0.5) is 0 Å². The van der Waals surface area contributed by atoms with Crippen LogP contribution in [0.3, 0.4) is 0 Å². The van der Waals surface area contributed by atoms with Gasteiger partial charge in [0.25, 0.3) is 0 Å². The van der Waals surface area contributed by atoms with E-state index < -0.39 is 5.60 Å². The van der Waals surface area contributed by atoms with Gasteiger partial charge in [0.2, 0.25) is 0 Å². The van der Waals surface area contributed by atoms with Gasteiger partial charge in [-0.1, -0.05) is 0 Å². The van der Waals surface area contributed by atoms with Gasteiger partial charge >= 0.3 is 0 Å². The normalized spacial score (nSPS) is 23.9. The van der Waals surface area contributed by atoms with Crippen molar-refractivity contribution in [1.29, 1.82) is 0 Å². The van der Waals surface area contributed by atoms with E-state index in [1.807, 2.05) is 36.4 Å². The summed E-state index contributed by atoms with van der Waals surface area (Å²) < 4.78 is 28.6. The zero-order valence-corrected chi connectivity index (χ0v) is 13.3. The number of fused-ring (bicyclic) bond motifs is 5. The summed E-state index contributed by atoms with van der Waals surface area (Å²) in [5, 5.41) is 0. The van der Waals surface area contributed by atoms with Crippen LogP contribution in [0, 0.1) is 0 Å². The molecule has 0 saturated carbocycles. The third-order valence-corrected chi connectivity index (χ3v) is 4.62. The van der Waals surface area contributed by atoms with E-state index >= 15 is 0 Å². The minimum Gasteiger partial charge on any atom is -0.497 e. The molecule has 120 valence electrons. The highest BCUT2D eigenvalue weighted by Gasteiger charge is 2.54. The van der Waals surface area contributed by atoms with Crippen molar-refractivity contribution in [2.45, 2.75) is 11.7 Å². The first kappa shape index (κ1) is 14.2. The van der Waals surface area contributed by atoms with Crippen molar-refractivity contribution in [3.8, 4) is 23.0 Å². The number of ether oxygens (including phenoxy) is 5. The van der Waals surface area contributed by atoms with Crippen molar-refractivity contribution in [3.05, 3.63) is 47.5 Å². The predicted molar refractivity (Wildman–Crippen MR) is 83.5 cm³/mol. The molecule has 0 aromatic heterocycles. The summed E-state index contributed by atoms with van der Waals surface area (Å²) in [7, 11) is 4.96. The molecule has 0 bridgehead atoms. The molecule has 2 heterocycles. The van der Waals surface area contributed by atoms with Gasteiger partial charge in [-0.2, -0.15) is 0 Å². The Morgan fingerprint density at radius 3 is 2.35 bits per heavy atom. The number of rotatable bonds is 3. The molecule has 2 atom stereocenters. The molecule has 4 rings (SSSR count). The van der Waals surface area contributed by atoms with E-state index in [9.17, 15) is 0 Å². The second kappa shape index (κ2) is 5.06. The van der Waals surface area contributed by atoms with Crippen LogP contribution in [0.15, 0.2) is 36.4 Å². The summed E-state index contributed by atoms with van der Waals surface area (Å²) in [4.78, 5) is 0. The van der Waals surface area contributed by atoms with Crippen molar-refractivity contribution >= 4 is 0 Å². The lowest BCUT2D eigenvalue weighted by Crippen LogP contribution is -2.42.